The van der Waals surface area contributed by atoms with Crippen molar-refractivity contribution in [2.75, 3.05) is 0 Å². The molecule has 0 aliphatic heterocycles. The monoisotopic (exact) mass is 249 g/mol. The Labute approximate surface area is 104 Å². The number of benzene rings is 1. The van der Waals surface area contributed by atoms with Gasteiger partial charge in [0.2, 0.25) is 0 Å². The van der Waals surface area contributed by atoms with Crippen molar-refractivity contribution in [3.8, 4) is 0 Å². The molecule has 0 aliphatic carbocycles. The van der Waals surface area contributed by atoms with Crippen LogP contribution in [0.5, 0.6) is 0 Å². The number of aromatic nitrogens is 1. The van der Waals surface area contributed by atoms with Gasteiger partial charge < -0.3 is 5.11 Å². The van der Waals surface area contributed by atoms with Crippen LogP contribution in [0.4, 0.5) is 8.78 Å². The predicted octanol–water partition coefficient (Wildman–Crippen LogP) is 2.92. The molecule has 4 heteroatoms. The third kappa shape index (κ3) is 2.38. The Balaban J connectivity index is 2.53. The molecule has 1 N–H and O–H groups in total. The molecule has 0 saturated carbocycles. The minimum atomic E-state index is -1.48. The molecule has 2 rings (SSSR count). The average Bonchev–Trinajstić information content (AvgIpc) is 2.27. The fraction of sp³-hybridized carbons (Fsp3) is 0.214. The Bertz CT molecular complexity index is 562. The lowest BCUT2D eigenvalue weighted by Gasteiger charge is -2.24. The average molecular weight is 249 g/mol. The maximum absolute atomic E-state index is 13.4. The molecule has 18 heavy (non-hydrogen) atoms. The maximum atomic E-state index is 13.4. The summed E-state index contributed by atoms with van der Waals surface area (Å²) in [6.45, 7) is 3.21. The molecule has 0 spiro atoms. The number of hydrogen-bond acceptors (Lipinski definition) is 2. The molecular weight excluding hydrogens is 236 g/mol. The van der Waals surface area contributed by atoms with Gasteiger partial charge in [0.15, 0.2) is 0 Å². The molecule has 2 aromatic rings. The molecule has 1 unspecified atom stereocenters. The first-order chi connectivity index (χ1) is 8.39. The van der Waals surface area contributed by atoms with E-state index < -0.39 is 17.2 Å². The number of rotatable bonds is 2. The Hall–Kier alpha value is -1.81. The van der Waals surface area contributed by atoms with Gasteiger partial charge in [0.1, 0.15) is 17.2 Å². The van der Waals surface area contributed by atoms with Gasteiger partial charge >= 0.3 is 0 Å². The Morgan fingerprint density at radius 1 is 1.00 bits per heavy atom. The van der Waals surface area contributed by atoms with E-state index in [2.05, 4.69) is 4.98 Å². The van der Waals surface area contributed by atoms with E-state index in [0.717, 1.165) is 6.20 Å². The number of pyridine rings is 1. The second-order valence-corrected chi connectivity index (χ2v) is 4.48. The first-order valence-corrected chi connectivity index (χ1v) is 5.50. The molecular formula is C14H13F2NO. The van der Waals surface area contributed by atoms with E-state index in [1.54, 1.807) is 13.0 Å². The van der Waals surface area contributed by atoms with Crippen LogP contribution in [0.25, 0.3) is 0 Å². The van der Waals surface area contributed by atoms with Crippen LogP contribution in [0.1, 0.15) is 23.6 Å². The number of nitrogens with zero attached hydrogens (tertiary/aromatic N) is 1. The van der Waals surface area contributed by atoms with E-state index in [0.29, 0.717) is 11.1 Å². The van der Waals surface area contributed by atoms with Crippen LogP contribution in [-0.4, -0.2) is 10.1 Å². The summed E-state index contributed by atoms with van der Waals surface area (Å²) in [5.41, 5.74) is -0.142. The van der Waals surface area contributed by atoms with Gasteiger partial charge in [-0.1, -0.05) is 6.07 Å². The van der Waals surface area contributed by atoms with E-state index >= 15 is 0 Å². The van der Waals surface area contributed by atoms with Crippen molar-refractivity contribution in [1.29, 1.82) is 0 Å². The third-order valence-electron chi connectivity index (χ3n) is 2.87. The number of aliphatic hydroxyl groups is 1. The van der Waals surface area contributed by atoms with Crippen molar-refractivity contribution in [2.45, 2.75) is 19.4 Å². The van der Waals surface area contributed by atoms with Gasteiger partial charge in [-0.25, -0.2) is 8.78 Å². The Morgan fingerprint density at radius 2 is 1.67 bits per heavy atom. The van der Waals surface area contributed by atoms with Gasteiger partial charge in [-0.05, 0) is 43.2 Å². The topological polar surface area (TPSA) is 33.1 Å². The summed E-state index contributed by atoms with van der Waals surface area (Å²) < 4.78 is 26.5. The van der Waals surface area contributed by atoms with Crippen LogP contribution in [-0.2, 0) is 5.60 Å². The molecule has 94 valence electrons. The van der Waals surface area contributed by atoms with Crippen molar-refractivity contribution in [3.05, 3.63) is 65.0 Å². The summed E-state index contributed by atoms with van der Waals surface area (Å²) in [4.78, 5) is 3.69. The molecule has 0 bridgehead atoms. The van der Waals surface area contributed by atoms with E-state index in [9.17, 15) is 13.9 Å². The Kier molecular flexibility index (Phi) is 3.13. The maximum Gasteiger partial charge on any atom is 0.141 e. The lowest BCUT2D eigenvalue weighted by atomic mass is 9.88. The van der Waals surface area contributed by atoms with Crippen molar-refractivity contribution >= 4 is 0 Å². The highest BCUT2D eigenvalue weighted by atomic mass is 19.1. The fourth-order valence-corrected chi connectivity index (χ4v) is 1.86. The smallest absolute Gasteiger partial charge is 0.141 e. The SMILES string of the molecule is Cc1cc(F)cc(C(C)(O)c2cncc(F)c2)c1. The highest BCUT2D eigenvalue weighted by Crippen LogP contribution is 2.30. The standard InChI is InChI=1S/C14H13F2NO/c1-9-3-10(5-12(15)4-9)14(2,18)11-6-13(16)8-17-7-11/h3-8,18H,1-2H3. The van der Waals surface area contributed by atoms with Gasteiger partial charge in [-0.15, -0.1) is 0 Å². The minimum absolute atomic E-state index is 0.285. The Morgan fingerprint density at radius 3 is 2.28 bits per heavy atom. The van der Waals surface area contributed by atoms with Crippen molar-refractivity contribution in [1.82, 2.24) is 4.98 Å². The summed E-state index contributed by atoms with van der Waals surface area (Å²) in [7, 11) is 0. The van der Waals surface area contributed by atoms with Gasteiger partial charge in [-0.2, -0.15) is 0 Å². The second kappa shape index (κ2) is 4.46. The van der Waals surface area contributed by atoms with Crippen molar-refractivity contribution < 1.29 is 13.9 Å². The second-order valence-electron chi connectivity index (χ2n) is 4.48. The minimum Gasteiger partial charge on any atom is -0.381 e. The normalized spacial score (nSPS) is 14.3. The van der Waals surface area contributed by atoms with Crippen LogP contribution in [0, 0.1) is 18.6 Å². The molecule has 1 aromatic heterocycles. The zero-order valence-electron chi connectivity index (χ0n) is 10.1. The highest BCUT2D eigenvalue weighted by Gasteiger charge is 2.27. The molecule has 1 aromatic carbocycles. The van der Waals surface area contributed by atoms with Crippen molar-refractivity contribution in [3.63, 3.8) is 0 Å². The molecule has 0 radical (unpaired) electrons. The van der Waals surface area contributed by atoms with E-state index in [4.69, 9.17) is 0 Å². The predicted molar refractivity (Wildman–Crippen MR) is 64.0 cm³/mol. The first-order valence-electron chi connectivity index (χ1n) is 5.50. The number of hydrogen-bond donors (Lipinski definition) is 1. The first kappa shape index (κ1) is 12.6. The summed E-state index contributed by atoms with van der Waals surface area (Å²) in [5, 5.41) is 10.5. The molecule has 0 saturated heterocycles. The van der Waals surface area contributed by atoms with E-state index in [1.165, 1.54) is 31.3 Å². The van der Waals surface area contributed by atoms with Gasteiger partial charge in [0.05, 0.1) is 6.20 Å². The zero-order valence-corrected chi connectivity index (χ0v) is 10.1. The quantitative estimate of drug-likeness (QED) is 0.887. The third-order valence-corrected chi connectivity index (χ3v) is 2.87. The zero-order chi connectivity index (χ0) is 13.3. The van der Waals surface area contributed by atoms with Gasteiger partial charge in [0, 0.05) is 11.8 Å². The summed E-state index contributed by atoms with van der Waals surface area (Å²) >= 11 is 0. The fourth-order valence-electron chi connectivity index (χ4n) is 1.86. The molecule has 0 amide bonds. The van der Waals surface area contributed by atoms with Gasteiger partial charge in [-0.3, -0.25) is 4.98 Å². The highest BCUT2D eigenvalue weighted by molar-refractivity contribution is 5.36. The molecule has 1 atom stereocenters. The lowest BCUT2D eigenvalue weighted by molar-refractivity contribution is 0.101. The van der Waals surface area contributed by atoms with Crippen LogP contribution in [0.15, 0.2) is 36.7 Å². The molecule has 1 heterocycles. The molecule has 2 nitrogen and oxygen atoms in total. The van der Waals surface area contributed by atoms with Crippen LogP contribution in [0.3, 0.4) is 0 Å². The number of aryl methyl sites for hydroxylation is 1. The van der Waals surface area contributed by atoms with E-state index in [-0.39, 0.29) is 5.56 Å². The van der Waals surface area contributed by atoms with Crippen LogP contribution < -0.4 is 0 Å². The van der Waals surface area contributed by atoms with Gasteiger partial charge in [0.25, 0.3) is 0 Å². The summed E-state index contributed by atoms with van der Waals surface area (Å²) in [6, 6.07) is 5.45. The van der Waals surface area contributed by atoms with Crippen molar-refractivity contribution in [2.24, 2.45) is 0 Å². The van der Waals surface area contributed by atoms with E-state index in [1.807, 2.05) is 0 Å². The van der Waals surface area contributed by atoms with Crippen LogP contribution in [0.2, 0.25) is 0 Å². The summed E-state index contributed by atoms with van der Waals surface area (Å²) in [5.74, 6) is -0.976. The molecule has 0 aliphatic rings. The largest absolute Gasteiger partial charge is 0.381 e. The lowest BCUT2D eigenvalue weighted by Crippen LogP contribution is -2.23. The summed E-state index contributed by atoms with van der Waals surface area (Å²) in [6.07, 6.45) is 2.42. The number of halogens is 2. The molecule has 0 fully saturated rings. The van der Waals surface area contributed by atoms with Crippen LogP contribution >= 0.6 is 0 Å².